The second-order valence-corrected chi connectivity index (χ2v) is 4.52. The Bertz CT molecular complexity index is 666. The van der Waals surface area contributed by atoms with Gasteiger partial charge < -0.3 is 20.2 Å². The van der Waals surface area contributed by atoms with Crippen molar-refractivity contribution >= 4 is 17.7 Å². The third kappa shape index (κ3) is 3.82. The van der Waals surface area contributed by atoms with Crippen LogP contribution in [0.2, 0.25) is 0 Å². The highest BCUT2D eigenvalue weighted by Gasteiger charge is 2.14. The Labute approximate surface area is 121 Å². The van der Waals surface area contributed by atoms with Gasteiger partial charge in [0.2, 0.25) is 5.89 Å². The lowest BCUT2D eigenvalue weighted by atomic mass is 10.2. The van der Waals surface area contributed by atoms with E-state index >= 15 is 0 Å². The van der Waals surface area contributed by atoms with Gasteiger partial charge in [-0.2, -0.15) is 0 Å². The number of carboxylic acid groups (broad SMARTS) is 1. The molecular formula is C14H15N3O4. The normalized spacial score (nSPS) is 11.7. The lowest BCUT2D eigenvalue weighted by Crippen LogP contribution is -2.31. The second kappa shape index (κ2) is 6.08. The first-order chi connectivity index (χ1) is 9.95. The highest BCUT2D eigenvalue weighted by molar-refractivity contribution is 5.93. The van der Waals surface area contributed by atoms with Crippen LogP contribution in [0.4, 0.5) is 10.5 Å². The number of aromatic carboxylic acids is 1. The summed E-state index contributed by atoms with van der Waals surface area (Å²) in [5, 5.41) is 14.1. The standard InChI is InChI=1S/C14H15N3O4/c1-8-7-15-12(21-8)9(2)16-14(20)17-11-5-3-4-10(6-11)13(18)19/h3-7,9H,1-2H3,(H,18,19)(H2,16,17,20). The number of urea groups is 1. The summed E-state index contributed by atoms with van der Waals surface area (Å²) in [5.74, 6) is 0.0119. The molecule has 1 atom stereocenters. The maximum Gasteiger partial charge on any atom is 0.335 e. The number of aromatic nitrogens is 1. The van der Waals surface area contributed by atoms with Gasteiger partial charge in [-0.1, -0.05) is 6.07 Å². The van der Waals surface area contributed by atoms with Crippen LogP contribution in [-0.4, -0.2) is 22.1 Å². The Morgan fingerprint density at radius 2 is 2.14 bits per heavy atom. The number of hydrogen-bond donors (Lipinski definition) is 3. The molecule has 0 saturated carbocycles. The van der Waals surface area contributed by atoms with Crippen LogP contribution < -0.4 is 10.6 Å². The quantitative estimate of drug-likeness (QED) is 0.802. The molecule has 0 aliphatic heterocycles. The maximum atomic E-state index is 11.8. The van der Waals surface area contributed by atoms with E-state index in [1.54, 1.807) is 32.2 Å². The third-order valence-corrected chi connectivity index (χ3v) is 2.72. The van der Waals surface area contributed by atoms with Gasteiger partial charge in [-0.15, -0.1) is 0 Å². The van der Waals surface area contributed by atoms with Crippen LogP contribution in [0.25, 0.3) is 0 Å². The fraction of sp³-hybridized carbons (Fsp3) is 0.214. The van der Waals surface area contributed by atoms with E-state index in [1.165, 1.54) is 12.1 Å². The van der Waals surface area contributed by atoms with Crippen LogP contribution in [0.3, 0.4) is 0 Å². The van der Waals surface area contributed by atoms with Gasteiger partial charge in [0, 0.05) is 5.69 Å². The minimum Gasteiger partial charge on any atom is -0.478 e. The molecule has 2 amide bonds. The number of aryl methyl sites for hydroxylation is 1. The summed E-state index contributed by atoms with van der Waals surface area (Å²) < 4.78 is 5.32. The first-order valence-electron chi connectivity index (χ1n) is 6.29. The molecule has 0 aliphatic carbocycles. The molecule has 0 aliphatic rings. The minimum absolute atomic E-state index is 0.101. The number of carbonyl (C=O) groups excluding carboxylic acids is 1. The molecule has 0 saturated heterocycles. The lowest BCUT2D eigenvalue weighted by molar-refractivity contribution is 0.0697. The van der Waals surface area contributed by atoms with Crippen molar-refractivity contribution in [2.24, 2.45) is 0 Å². The van der Waals surface area contributed by atoms with Crippen molar-refractivity contribution < 1.29 is 19.1 Å². The fourth-order valence-corrected chi connectivity index (χ4v) is 1.73. The van der Waals surface area contributed by atoms with Gasteiger partial charge in [0.15, 0.2) is 0 Å². The van der Waals surface area contributed by atoms with E-state index in [0.29, 0.717) is 17.3 Å². The average molecular weight is 289 g/mol. The molecule has 1 aromatic carbocycles. The molecule has 0 radical (unpaired) electrons. The molecular weight excluding hydrogens is 274 g/mol. The Hall–Kier alpha value is -2.83. The third-order valence-electron chi connectivity index (χ3n) is 2.72. The molecule has 7 nitrogen and oxygen atoms in total. The molecule has 21 heavy (non-hydrogen) atoms. The largest absolute Gasteiger partial charge is 0.478 e. The average Bonchev–Trinajstić information content (AvgIpc) is 2.85. The number of hydrogen-bond acceptors (Lipinski definition) is 4. The summed E-state index contributed by atoms with van der Waals surface area (Å²) in [5.41, 5.74) is 0.493. The van der Waals surface area contributed by atoms with Gasteiger partial charge >= 0.3 is 12.0 Å². The first kappa shape index (κ1) is 14.6. The van der Waals surface area contributed by atoms with Gasteiger partial charge in [-0.25, -0.2) is 14.6 Å². The zero-order valence-corrected chi connectivity index (χ0v) is 11.6. The Morgan fingerprint density at radius 1 is 1.38 bits per heavy atom. The predicted octanol–water partition coefficient (Wildman–Crippen LogP) is 2.56. The maximum absolute atomic E-state index is 11.8. The molecule has 1 unspecified atom stereocenters. The number of nitrogens with zero attached hydrogens (tertiary/aromatic N) is 1. The van der Waals surface area contributed by atoms with Gasteiger partial charge in [-0.05, 0) is 32.0 Å². The van der Waals surface area contributed by atoms with E-state index in [2.05, 4.69) is 15.6 Å². The molecule has 2 aromatic rings. The van der Waals surface area contributed by atoms with Crippen LogP contribution >= 0.6 is 0 Å². The molecule has 2 rings (SSSR count). The number of carbonyl (C=O) groups is 2. The number of carboxylic acids is 1. The van der Waals surface area contributed by atoms with Crippen molar-refractivity contribution in [2.45, 2.75) is 19.9 Å². The monoisotopic (exact) mass is 289 g/mol. The molecule has 0 bridgehead atoms. The number of oxazole rings is 1. The van der Waals surface area contributed by atoms with Crippen molar-refractivity contribution in [3.63, 3.8) is 0 Å². The highest BCUT2D eigenvalue weighted by atomic mass is 16.4. The molecule has 3 N–H and O–H groups in total. The summed E-state index contributed by atoms with van der Waals surface area (Å²) in [6.07, 6.45) is 1.57. The van der Waals surface area contributed by atoms with E-state index in [9.17, 15) is 9.59 Å². The Balaban J connectivity index is 1.98. The number of amides is 2. The Kier molecular flexibility index (Phi) is 4.22. The minimum atomic E-state index is -1.05. The number of anilines is 1. The van der Waals surface area contributed by atoms with E-state index in [0.717, 1.165) is 0 Å². The topological polar surface area (TPSA) is 104 Å². The lowest BCUT2D eigenvalue weighted by Gasteiger charge is -2.12. The zero-order valence-electron chi connectivity index (χ0n) is 11.6. The number of benzene rings is 1. The van der Waals surface area contributed by atoms with Crippen molar-refractivity contribution in [1.82, 2.24) is 10.3 Å². The highest BCUT2D eigenvalue weighted by Crippen LogP contribution is 2.13. The van der Waals surface area contributed by atoms with Crippen LogP contribution in [-0.2, 0) is 0 Å². The summed E-state index contributed by atoms with van der Waals surface area (Å²) in [6.45, 7) is 3.50. The van der Waals surface area contributed by atoms with E-state index < -0.39 is 18.0 Å². The van der Waals surface area contributed by atoms with E-state index in [1.807, 2.05) is 0 Å². The van der Waals surface area contributed by atoms with E-state index in [4.69, 9.17) is 9.52 Å². The Morgan fingerprint density at radius 3 is 2.76 bits per heavy atom. The smallest absolute Gasteiger partial charge is 0.335 e. The number of nitrogens with one attached hydrogen (secondary N) is 2. The van der Waals surface area contributed by atoms with Crippen LogP contribution in [0.15, 0.2) is 34.9 Å². The SMILES string of the molecule is Cc1cnc(C(C)NC(=O)Nc2cccc(C(=O)O)c2)o1. The summed E-state index contributed by atoms with van der Waals surface area (Å²) in [6, 6.07) is 5.11. The fourth-order valence-electron chi connectivity index (χ4n) is 1.73. The van der Waals surface area contributed by atoms with Crippen molar-refractivity contribution in [3.8, 4) is 0 Å². The second-order valence-electron chi connectivity index (χ2n) is 4.52. The summed E-state index contributed by atoms with van der Waals surface area (Å²) in [7, 11) is 0. The molecule has 110 valence electrons. The first-order valence-corrected chi connectivity index (χ1v) is 6.29. The summed E-state index contributed by atoms with van der Waals surface area (Å²) >= 11 is 0. The van der Waals surface area contributed by atoms with Gasteiger partial charge in [0.05, 0.1) is 11.8 Å². The van der Waals surface area contributed by atoms with Gasteiger partial charge in [0.1, 0.15) is 11.8 Å². The number of rotatable bonds is 4. The van der Waals surface area contributed by atoms with Crippen molar-refractivity contribution in [1.29, 1.82) is 0 Å². The van der Waals surface area contributed by atoms with Crippen molar-refractivity contribution in [3.05, 3.63) is 47.7 Å². The van der Waals surface area contributed by atoms with Crippen molar-refractivity contribution in [2.75, 3.05) is 5.32 Å². The zero-order chi connectivity index (χ0) is 15.4. The molecule has 1 aromatic heterocycles. The summed E-state index contributed by atoms with van der Waals surface area (Å²) in [4.78, 5) is 26.7. The van der Waals surface area contributed by atoms with Gasteiger partial charge in [0.25, 0.3) is 0 Å². The predicted molar refractivity (Wildman–Crippen MR) is 75.2 cm³/mol. The molecule has 1 heterocycles. The molecule has 0 fully saturated rings. The van der Waals surface area contributed by atoms with E-state index in [-0.39, 0.29) is 5.56 Å². The van der Waals surface area contributed by atoms with Crippen LogP contribution in [0.5, 0.6) is 0 Å². The molecule has 0 spiro atoms. The molecule has 7 heteroatoms. The van der Waals surface area contributed by atoms with Crippen LogP contribution in [0.1, 0.15) is 35.0 Å². The van der Waals surface area contributed by atoms with Crippen LogP contribution in [0, 0.1) is 6.92 Å². The van der Waals surface area contributed by atoms with Gasteiger partial charge in [-0.3, -0.25) is 0 Å².